The highest BCUT2D eigenvalue weighted by Gasteiger charge is 2.14. The number of guanidine groups is 1. The lowest BCUT2D eigenvalue weighted by Gasteiger charge is -2.19. The standard InChI is InChI=1S/C21H33N5/c1-7-22-21(23-14-15(2)19-11-9-8-10-12-19)24-16(3)13-20-17(4)25-26(6)18(20)5/h8-12,15-16H,7,13-14H2,1-6H3,(H2,22,23,24). The van der Waals surface area contributed by atoms with Gasteiger partial charge < -0.3 is 10.6 Å². The number of benzene rings is 1. The van der Waals surface area contributed by atoms with Crippen molar-refractivity contribution in [1.82, 2.24) is 20.4 Å². The van der Waals surface area contributed by atoms with Crippen LogP contribution in [0.3, 0.4) is 0 Å². The number of hydrogen-bond acceptors (Lipinski definition) is 2. The Morgan fingerprint density at radius 1 is 1.19 bits per heavy atom. The Labute approximate surface area is 157 Å². The van der Waals surface area contributed by atoms with Gasteiger partial charge >= 0.3 is 0 Å². The van der Waals surface area contributed by atoms with Crippen LogP contribution >= 0.6 is 0 Å². The molecule has 1 aromatic heterocycles. The number of aryl methyl sites for hydroxylation is 2. The minimum atomic E-state index is 0.279. The lowest BCUT2D eigenvalue weighted by Crippen LogP contribution is -2.43. The molecule has 2 aromatic rings. The van der Waals surface area contributed by atoms with Crippen LogP contribution in [-0.4, -0.2) is 34.9 Å². The molecule has 0 aliphatic rings. The van der Waals surface area contributed by atoms with Gasteiger partial charge in [-0.1, -0.05) is 37.3 Å². The van der Waals surface area contributed by atoms with Crippen LogP contribution < -0.4 is 10.6 Å². The first-order valence-electron chi connectivity index (χ1n) is 9.51. The van der Waals surface area contributed by atoms with Crippen LogP contribution in [0.1, 0.15) is 49.2 Å². The molecular weight excluding hydrogens is 322 g/mol. The second kappa shape index (κ2) is 9.41. The molecule has 1 aromatic carbocycles. The summed E-state index contributed by atoms with van der Waals surface area (Å²) < 4.78 is 1.96. The topological polar surface area (TPSA) is 54.2 Å². The second-order valence-corrected chi connectivity index (χ2v) is 7.05. The summed E-state index contributed by atoms with van der Waals surface area (Å²) in [6.07, 6.45) is 0.935. The van der Waals surface area contributed by atoms with Gasteiger partial charge in [0.2, 0.25) is 0 Å². The molecule has 0 aliphatic heterocycles. The van der Waals surface area contributed by atoms with Crippen molar-refractivity contribution < 1.29 is 0 Å². The van der Waals surface area contributed by atoms with Crippen LogP contribution in [0.5, 0.6) is 0 Å². The Kier molecular flexibility index (Phi) is 7.25. The van der Waals surface area contributed by atoms with Crippen molar-refractivity contribution in [2.45, 2.75) is 53.0 Å². The molecule has 2 atom stereocenters. The maximum Gasteiger partial charge on any atom is 0.191 e. The zero-order chi connectivity index (χ0) is 19.1. The van der Waals surface area contributed by atoms with E-state index in [1.807, 2.05) is 11.7 Å². The van der Waals surface area contributed by atoms with Crippen LogP contribution in [-0.2, 0) is 13.5 Å². The Morgan fingerprint density at radius 2 is 1.88 bits per heavy atom. The van der Waals surface area contributed by atoms with Crippen molar-refractivity contribution in [3.63, 3.8) is 0 Å². The monoisotopic (exact) mass is 355 g/mol. The molecule has 5 nitrogen and oxygen atoms in total. The van der Waals surface area contributed by atoms with Crippen molar-refractivity contribution >= 4 is 5.96 Å². The normalized spacial score (nSPS) is 14.2. The van der Waals surface area contributed by atoms with E-state index in [2.05, 4.69) is 80.7 Å². The highest BCUT2D eigenvalue weighted by molar-refractivity contribution is 5.80. The molecule has 2 rings (SSSR count). The summed E-state index contributed by atoms with van der Waals surface area (Å²) in [5.74, 6) is 1.27. The van der Waals surface area contributed by atoms with E-state index < -0.39 is 0 Å². The summed E-state index contributed by atoms with van der Waals surface area (Å²) in [5.41, 5.74) is 4.98. The SMILES string of the molecule is CCNC(=NCC(C)c1ccccc1)NC(C)Cc1c(C)nn(C)c1C. The molecule has 5 heteroatoms. The summed E-state index contributed by atoms with van der Waals surface area (Å²) in [5, 5.41) is 11.4. The Bertz CT molecular complexity index is 718. The predicted molar refractivity (Wildman–Crippen MR) is 110 cm³/mol. The third-order valence-corrected chi connectivity index (χ3v) is 4.79. The summed E-state index contributed by atoms with van der Waals surface area (Å²) in [6.45, 7) is 12.3. The van der Waals surface area contributed by atoms with Crippen LogP contribution in [0, 0.1) is 13.8 Å². The van der Waals surface area contributed by atoms with E-state index in [9.17, 15) is 0 Å². The van der Waals surface area contributed by atoms with Gasteiger partial charge in [-0.15, -0.1) is 0 Å². The minimum absolute atomic E-state index is 0.279. The quantitative estimate of drug-likeness (QED) is 0.592. The molecule has 0 bridgehead atoms. The number of nitrogens with one attached hydrogen (secondary N) is 2. The zero-order valence-electron chi connectivity index (χ0n) is 17.0. The fraction of sp³-hybridized carbons (Fsp3) is 0.524. The molecule has 0 saturated carbocycles. The lowest BCUT2D eigenvalue weighted by molar-refractivity contribution is 0.632. The van der Waals surface area contributed by atoms with Gasteiger partial charge in [0, 0.05) is 37.8 Å². The number of aromatic nitrogens is 2. The van der Waals surface area contributed by atoms with Crippen LogP contribution in [0.15, 0.2) is 35.3 Å². The molecule has 1 heterocycles. The largest absolute Gasteiger partial charge is 0.357 e. The molecule has 0 saturated heterocycles. The summed E-state index contributed by atoms with van der Waals surface area (Å²) >= 11 is 0. The average molecular weight is 356 g/mol. The third kappa shape index (κ3) is 5.35. The van der Waals surface area contributed by atoms with Crippen molar-refractivity contribution in [1.29, 1.82) is 0 Å². The van der Waals surface area contributed by atoms with Gasteiger partial charge in [-0.3, -0.25) is 9.67 Å². The van der Waals surface area contributed by atoms with E-state index >= 15 is 0 Å². The average Bonchev–Trinajstić information content (AvgIpc) is 2.86. The minimum Gasteiger partial charge on any atom is -0.357 e. The van der Waals surface area contributed by atoms with E-state index in [4.69, 9.17) is 4.99 Å². The number of rotatable bonds is 7. The summed E-state index contributed by atoms with van der Waals surface area (Å²) in [4.78, 5) is 4.80. The number of aliphatic imine (C=N–C) groups is 1. The highest BCUT2D eigenvalue weighted by atomic mass is 15.3. The van der Waals surface area contributed by atoms with E-state index in [-0.39, 0.29) is 6.04 Å². The summed E-state index contributed by atoms with van der Waals surface area (Å²) in [6, 6.07) is 10.8. The van der Waals surface area contributed by atoms with Gasteiger partial charge in [-0.25, -0.2) is 0 Å². The van der Waals surface area contributed by atoms with Gasteiger partial charge in [0.25, 0.3) is 0 Å². The van der Waals surface area contributed by atoms with E-state index in [0.29, 0.717) is 5.92 Å². The van der Waals surface area contributed by atoms with Gasteiger partial charge in [0.1, 0.15) is 0 Å². The fourth-order valence-electron chi connectivity index (χ4n) is 3.14. The first-order valence-corrected chi connectivity index (χ1v) is 9.51. The van der Waals surface area contributed by atoms with Crippen LogP contribution in [0.2, 0.25) is 0 Å². The molecule has 0 aliphatic carbocycles. The van der Waals surface area contributed by atoms with E-state index in [1.165, 1.54) is 16.8 Å². The number of nitrogens with zero attached hydrogens (tertiary/aromatic N) is 3. The Hall–Kier alpha value is -2.30. The van der Waals surface area contributed by atoms with E-state index in [0.717, 1.165) is 31.2 Å². The Morgan fingerprint density at radius 3 is 2.46 bits per heavy atom. The van der Waals surface area contributed by atoms with Crippen molar-refractivity contribution in [3.05, 3.63) is 52.8 Å². The maximum absolute atomic E-state index is 4.80. The van der Waals surface area contributed by atoms with Crippen molar-refractivity contribution in [2.75, 3.05) is 13.1 Å². The first-order chi connectivity index (χ1) is 12.4. The molecule has 0 fully saturated rings. The van der Waals surface area contributed by atoms with Crippen molar-refractivity contribution in [3.8, 4) is 0 Å². The van der Waals surface area contributed by atoms with Gasteiger partial charge in [-0.05, 0) is 45.2 Å². The summed E-state index contributed by atoms with van der Waals surface area (Å²) in [7, 11) is 2.00. The van der Waals surface area contributed by atoms with Crippen LogP contribution in [0.25, 0.3) is 0 Å². The molecule has 0 spiro atoms. The Balaban J connectivity index is 2.00. The van der Waals surface area contributed by atoms with Gasteiger partial charge in [0.15, 0.2) is 5.96 Å². The van der Waals surface area contributed by atoms with Gasteiger partial charge in [-0.2, -0.15) is 5.10 Å². The van der Waals surface area contributed by atoms with Gasteiger partial charge in [0.05, 0.1) is 5.69 Å². The smallest absolute Gasteiger partial charge is 0.191 e. The number of hydrogen-bond donors (Lipinski definition) is 2. The molecule has 2 unspecified atom stereocenters. The van der Waals surface area contributed by atoms with Crippen molar-refractivity contribution in [2.24, 2.45) is 12.0 Å². The highest BCUT2D eigenvalue weighted by Crippen LogP contribution is 2.15. The van der Waals surface area contributed by atoms with E-state index in [1.54, 1.807) is 0 Å². The predicted octanol–water partition coefficient (Wildman–Crippen LogP) is 3.33. The third-order valence-electron chi connectivity index (χ3n) is 4.79. The second-order valence-electron chi connectivity index (χ2n) is 7.05. The molecule has 0 amide bonds. The van der Waals surface area contributed by atoms with Crippen LogP contribution in [0.4, 0.5) is 0 Å². The maximum atomic E-state index is 4.80. The lowest BCUT2D eigenvalue weighted by atomic mass is 10.0. The first kappa shape index (κ1) is 20.0. The fourth-order valence-corrected chi connectivity index (χ4v) is 3.14. The molecule has 142 valence electrons. The molecule has 2 N–H and O–H groups in total. The molecular formula is C21H33N5. The molecule has 0 radical (unpaired) electrons. The molecule has 26 heavy (non-hydrogen) atoms. The zero-order valence-corrected chi connectivity index (χ0v) is 17.0.